The van der Waals surface area contributed by atoms with Crippen LogP contribution in [0.15, 0.2) is 30.5 Å². The van der Waals surface area contributed by atoms with Crippen molar-refractivity contribution in [2.45, 2.75) is 20.3 Å². The summed E-state index contributed by atoms with van der Waals surface area (Å²) in [4.78, 5) is 19.0. The molecule has 2 rings (SSSR count). The number of hydrogen-bond acceptors (Lipinski definition) is 4. The number of benzene rings is 1. The summed E-state index contributed by atoms with van der Waals surface area (Å²) in [6.45, 7) is 3.45. The van der Waals surface area contributed by atoms with Gasteiger partial charge in [-0.1, -0.05) is 29.8 Å². The number of anilines is 2. The van der Waals surface area contributed by atoms with Crippen LogP contribution in [-0.4, -0.2) is 15.9 Å². The zero-order valence-electron chi connectivity index (χ0n) is 11.0. The van der Waals surface area contributed by atoms with Crippen molar-refractivity contribution in [3.05, 3.63) is 47.2 Å². The van der Waals surface area contributed by atoms with Gasteiger partial charge < -0.3 is 5.73 Å². The smallest absolute Gasteiger partial charge is 0.231 e. The second-order valence-electron chi connectivity index (χ2n) is 4.45. The predicted octanol–water partition coefficient (Wildman–Crippen LogP) is 1.92. The summed E-state index contributed by atoms with van der Waals surface area (Å²) in [6, 6.07) is 8.21. The number of nitrogen functional groups attached to an aromatic ring is 1. The molecule has 3 N–H and O–H groups in total. The molecule has 0 aliphatic rings. The fourth-order valence-corrected chi connectivity index (χ4v) is 1.70. The van der Waals surface area contributed by atoms with Crippen molar-refractivity contribution >= 4 is 17.7 Å². The first kappa shape index (κ1) is 13.0. The van der Waals surface area contributed by atoms with Crippen molar-refractivity contribution in [3.8, 4) is 0 Å². The summed E-state index contributed by atoms with van der Waals surface area (Å²) in [5, 5.41) is 2.50. The lowest BCUT2D eigenvalue weighted by molar-refractivity contribution is -0.114. The number of aromatic nitrogens is 2. The summed E-state index contributed by atoms with van der Waals surface area (Å²) in [7, 11) is 0. The van der Waals surface area contributed by atoms with E-state index in [1.807, 2.05) is 6.92 Å². The molecule has 1 heterocycles. The molecule has 2 aromatic rings. The van der Waals surface area contributed by atoms with E-state index < -0.39 is 0 Å². The summed E-state index contributed by atoms with van der Waals surface area (Å²) in [5.74, 6) is 0.405. The molecule has 0 unspecified atom stereocenters. The lowest BCUT2D eigenvalue weighted by Gasteiger charge is -2.07. The van der Waals surface area contributed by atoms with Crippen molar-refractivity contribution in [1.82, 2.24) is 9.97 Å². The largest absolute Gasteiger partial charge is 0.383 e. The molecular formula is C14H16N4O. The number of amides is 1. The van der Waals surface area contributed by atoms with Crippen molar-refractivity contribution in [3.63, 3.8) is 0 Å². The minimum atomic E-state index is -0.217. The first-order chi connectivity index (χ1) is 9.04. The van der Waals surface area contributed by atoms with Gasteiger partial charge in [-0.05, 0) is 12.5 Å². The van der Waals surface area contributed by atoms with Gasteiger partial charge in [0.2, 0.25) is 11.9 Å². The van der Waals surface area contributed by atoms with Crippen molar-refractivity contribution in [2.75, 3.05) is 11.1 Å². The van der Waals surface area contributed by atoms with Crippen LogP contribution in [0.2, 0.25) is 0 Å². The Hall–Kier alpha value is -2.43. The number of carbonyl (C=O) groups is 1. The Kier molecular flexibility index (Phi) is 3.75. The van der Waals surface area contributed by atoms with E-state index in [1.54, 1.807) is 6.20 Å². The van der Waals surface area contributed by atoms with E-state index in [9.17, 15) is 4.79 Å². The van der Waals surface area contributed by atoms with Crippen LogP contribution in [0.5, 0.6) is 0 Å². The second kappa shape index (κ2) is 5.48. The zero-order valence-corrected chi connectivity index (χ0v) is 11.0. The number of nitrogens with one attached hydrogen (secondary N) is 1. The number of nitrogens with two attached hydrogens (primary N) is 1. The van der Waals surface area contributed by atoms with Gasteiger partial charge in [0.05, 0.1) is 0 Å². The van der Waals surface area contributed by atoms with E-state index in [0.29, 0.717) is 12.2 Å². The van der Waals surface area contributed by atoms with Gasteiger partial charge in [-0.15, -0.1) is 0 Å². The third-order valence-corrected chi connectivity index (χ3v) is 2.70. The SMILES string of the molecule is CC(=O)Nc1ncc(Cc2ccc(C)cc2)c(N)n1. The maximum atomic E-state index is 10.9. The van der Waals surface area contributed by atoms with E-state index in [2.05, 4.69) is 39.6 Å². The lowest BCUT2D eigenvalue weighted by Crippen LogP contribution is -2.11. The van der Waals surface area contributed by atoms with Gasteiger partial charge in [0.15, 0.2) is 0 Å². The fraction of sp³-hybridized carbons (Fsp3) is 0.214. The maximum absolute atomic E-state index is 10.9. The quantitative estimate of drug-likeness (QED) is 0.879. The molecule has 98 valence electrons. The molecule has 1 aromatic carbocycles. The molecule has 0 saturated carbocycles. The van der Waals surface area contributed by atoms with Crippen LogP contribution in [-0.2, 0) is 11.2 Å². The number of rotatable bonds is 3. The highest BCUT2D eigenvalue weighted by atomic mass is 16.1. The van der Waals surface area contributed by atoms with E-state index in [-0.39, 0.29) is 11.9 Å². The molecule has 5 nitrogen and oxygen atoms in total. The summed E-state index contributed by atoms with van der Waals surface area (Å²) >= 11 is 0. The molecule has 0 spiro atoms. The van der Waals surface area contributed by atoms with E-state index in [4.69, 9.17) is 5.73 Å². The van der Waals surface area contributed by atoms with Crippen LogP contribution in [0.3, 0.4) is 0 Å². The first-order valence-electron chi connectivity index (χ1n) is 5.99. The first-order valence-corrected chi connectivity index (χ1v) is 5.99. The summed E-state index contributed by atoms with van der Waals surface area (Å²) in [6.07, 6.45) is 2.32. The molecule has 0 aliphatic carbocycles. The molecule has 1 amide bonds. The molecule has 0 atom stereocenters. The normalized spacial score (nSPS) is 10.2. The van der Waals surface area contributed by atoms with Crippen molar-refractivity contribution in [1.29, 1.82) is 0 Å². The van der Waals surface area contributed by atoms with Gasteiger partial charge in [0.25, 0.3) is 0 Å². The van der Waals surface area contributed by atoms with Crippen molar-refractivity contribution < 1.29 is 4.79 Å². The number of hydrogen-bond donors (Lipinski definition) is 2. The molecule has 0 saturated heterocycles. The number of aryl methyl sites for hydroxylation is 1. The van der Waals surface area contributed by atoms with Crippen LogP contribution in [0.4, 0.5) is 11.8 Å². The monoisotopic (exact) mass is 256 g/mol. The van der Waals surface area contributed by atoms with E-state index in [0.717, 1.165) is 11.1 Å². The van der Waals surface area contributed by atoms with Gasteiger partial charge in [0.1, 0.15) is 5.82 Å². The highest BCUT2D eigenvalue weighted by Crippen LogP contribution is 2.15. The van der Waals surface area contributed by atoms with E-state index in [1.165, 1.54) is 12.5 Å². The van der Waals surface area contributed by atoms with Crippen LogP contribution in [0.1, 0.15) is 23.6 Å². The van der Waals surface area contributed by atoms with Gasteiger partial charge >= 0.3 is 0 Å². The van der Waals surface area contributed by atoms with Crippen LogP contribution in [0.25, 0.3) is 0 Å². The molecule has 0 fully saturated rings. The molecule has 5 heteroatoms. The van der Waals surface area contributed by atoms with Gasteiger partial charge in [-0.2, -0.15) is 4.98 Å². The third kappa shape index (κ3) is 3.51. The highest BCUT2D eigenvalue weighted by molar-refractivity contribution is 5.86. The Labute approximate surface area is 111 Å². The van der Waals surface area contributed by atoms with Gasteiger partial charge in [0, 0.05) is 25.1 Å². The standard InChI is InChI=1S/C14H16N4O/c1-9-3-5-11(6-4-9)7-12-8-16-14(17-10(2)19)18-13(12)15/h3-6,8H,7H2,1-2H3,(H3,15,16,17,18,19). The topological polar surface area (TPSA) is 80.9 Å². The van der Waals surface area contributed by atoms with Crippen molar-refractivity contribution in [2.24, 2.45) is 0 Å². The summed E-state index contributed by atoms with van der Waals surface area (Å²) < 4.78 is 0. The van der Waals surface area contributed by atoms with Gasteiger partial charge in [-0.25, -0.2) is 4.98 Å². The molecule has 0 radical (unpaired) electrons. The average Bonchev–Trinajstić information content (AvgIpc) is 2.34. The highest BCUT2D eigenvalue weighted by Gasteiger charge is 2.06. The van der Waals surface area contributed by atoms with E-state index >= 15 is 0 Å². The third-order valence-electron chi connectivity index (χ3n) is 2.70. The predicted molar refractivity (Wildman–Crippen MR) is 74.7 cm³/mol. The fourth-order valence-electron chi connectivity index (χ4n) is 1.70. The van der Waals surface area contributed by atoms with Crippen LogP contribution in [0, 0.1) is 6.92 Å². The maximum Gasteiger partial charge on any atom is 0.231 e. The van der Waals surface area contributed by atoms with Crippen LogP contribution < -0.4 is 11.1 Å². The Morgan fingerprint density at radius 2 is 2.00 bits per heavy atom. The van der Waals surface area contributed by atoms with Gasteiger partial charge in [-0.3, -0.25) is 10.1 Å². The molecular weight excluding hydrogens is 240 g/mol. The molecule has 1 aromatic heterocycles. The zero-order chi connectivity index (χ0) is 13.8. The summed E-state index contributed by atoms with van der Waals surface area (Å²) in [5.41, 5.74) is 9.08. The second-order valence-corrected chi connectivity index (χ2v) is 4.45. The number of carbonyl (C=O) groups excluding carboxylic acids is 1. The minimum Gasteiger partial charge on any atom is -0.383 e. The Balaban J connectivity index is 2.17. The Bertz CT molecular complexity index is 593. The molecule has 19 heavy (non-hydrogen) atoms. The number of nitrogens with zero attached hydrogens (tertiary/aromatic N) is 2. The Morgan fingerprint density at radius 3 is 2.58 bits per heavy atom. The Morgan fingerprint density at radius 1 is 1.32 bits per heavy atom. The average molecular weight is 256 g/mol. The lowest BCUT2D eigenvalue weighted by atomic mass is 10.1. The molecule has 0 bridgehead atoms. The van der Waals surface area contributed by atoms with Crippen LogP contribution >= 0.6 is 0 Å². The minimum absolute atomic E-state index is 0.217. The molecule has 0 aliphatic heterocycles.